The van der Waals surface area contributed by atoms with Crippen LogP contribution >= 0.6 is 0 Å². The lowest BCUT2D eigenvalue weighted by atomic mass is 10.1. The normalized spacial score (nSPS) is 11.6. The summed E-state index contributed by atoms with van der Waals surface area (Å²) >= 11 is 0. The summed E-state index contributed by atoms with van der Waals surface area (Å²) < 4.78 is 40.5. The number of rotatable bonds is 5. The first-order chi connectivity index (χ1) is 7.92. The van der Waals surface area contributed by atoms with E-state index in [0.717, 1.165) is 11.1 Å². The van der Waals surface area contributed by atoms with Crippen LogP contribution in [0.25, 0.3) is 0 Å². The Morgan fingerprint density at radius 1 is 1.29 bits per heavy atom. The van der Waals surface area contributed by atoms with E-state index in [9.17, 15) is 13.2 Å². The molecule has 1 rings (SSSR count). The highest BCUT2D eigenvalue weighted by Gasteiger charge is 2.27. The van der Waals surface area contributed by atoms with Crippen LogP contribution in [0.3, 0.4) is 0 Å². The Morgan fingerprint density at radius 3 is 2.59 bits per heavy atom. The molecule has 0 spiro atoms. The average Bonchev–Trinajstić information content (AvgIpc) is 2.23. The minimum atomic E-state index is -4.33. The molecule has 6 heteroatoms. The number of halogens is 3. The Kier molecular flexibility index (Phi) is 4.77. The zero-order valence-corrected chi connectivity index (χ0v) is 9.60. The van der Waals surface area contributed by atoms with Crippen LogP contribution in [0.5, 0.6) is 5.75 Å². The summed E-state index contributed by atoms with van der Waals surface area (Å²) in [5, 5.41) is 0. The van der Waals surface area contributed by atoms with E-state index in [1.54, 1.807) is 6.07 Å². The third-order valence-electron chi connectivity index (χ3n) is 2.04. The van der Waals surface area contributed by atoms with Gasteiger partial charge in [-0.2, -0.15) is 18.7 Å². The van der Waals surface area contributed by atoms with E-state index >= 15 is 0 Å². The van der Waals surface area contributed by atoms with Gasteiger partial charge in [-0.1, -0.05) is 17.7 Å². The van der Waals surface area contributed by atoms with Gasteiger partial charge in [-0.25, -0.2) is 0 Å². The molecular formula is C11H14F3NO2. The molecule has 0 aliphatic rings. The van der Waals surface area contributed by atoms with Crippen LogP contribution in [0.15, 0.2) is 18.2 Å². The van der Waals surface area contributed by atoms with Crippen LogP contribution in [0.2, 0.25) is 0 Å². The monoisotopic (exact) mass is 249 g/mol. The van der Waals surface area contributed by atoms with Crippen molar-refractivity contribution in [3.8, 4) is 5.75 Å². The van der Waals surface area contributed by atoms with Crippen molar-refractivity contribution in [3.05, 3.63) is 29.3 Å². The molecule has 17 heavy (non-hydrogen) atoms. The molecule has 0 fully saturated rings. The summed E-state index contributed by atoms with van der Waals surface area (Å²) in [6, 6.07) is 5.44. The molecule has 0 aromatic heterocycles. The molecule has 0 saturated heterocycles. The lowest BCUT2D eigenvalue weighted by molar-refractivity contribution is -0.190. The van der Waals surface area contributed by atoms with Crippen molar-refractivity contribution in [1.29, 1.82) is 0 Å². The summed E-state index contributed by atoms with van der Waals surface area (Å²) in [7, 11) is 1.50. The zero-order valence-electron chi connectivity index (χ0n) is 9.60. The number of nitrogens with one attached hydrogen (secondary N) is 1. The van der Waals surface area contributed by atoms with Gasteiger partial charge in [-0.3, -0.25) is 4.84 Å². The highest BCUT2D eigenvalue weighted by Crippen LogP contribution is 2.19. The fraction of sp³-hybridized carbons (Fsp3) is 0.455. The Morgan fingerprint density at radius 2 is 2.00 bits per heavy atom. The van der Waals surface area contributed by atoms with Crippen molar-refractivity contribution in [2.45, 2.75) is 19.6 Å². The fourth-order valence-electron chi connectivity index (χ4n) is 1.31. The predicted octanol–water partition coefficient (Wildman–Crippen LogP) is 2.59. The maximum Gasteiger partial charge on any atom is 0.413 e. The van der Waals surface area contributed by atoms with E-state index in [4.69, 9.17) is 4.74 Å². The van der Waals surface area contributed by atoms with Crippen LogP contribution in [0, 0.1) is 6.92 Å². The minimum Gasteiger partial charge on any atom is -0.496 e. The lowest BCUT2D eigenvalue weighted by Crippen LogP contribution is -2.24. The number of aryl methyl sites for hydroxylation is 1. The van der Waals surface area contributed by atoms with Crippen molar-refractivity contribution < 1.29 is 22.7 Å². The molecule has 1 aromatic rings. The maximum absolute atomic E-state index is 11.8. The molecular weight excluding hydrogens is 235 g/mol. The van der Waals surface area contributed by atoms with Crippen LogP contribution in [0.4, 0.5) is 13.2 Å². The highest BCUT2D eigenvalue weighted by molar-refractivity contribution is 5.36. The van der Waals surface area contributed by atoms with Gasteiger partial charge in [0.2, 0.25) is 0 Å². The number of hydrogen-bond acceptors (Lipinski definition) is 3. The van der Waals surface area contributed by atoms with Crippen molar-refractivity contribution in [2.24, 2.45) is 0 Å². The third kappa shape index (κ3) is 5.06. The molecule has 0 atom stereocenters. The SMILES string of the molecule is COc1ccc(C)cc1CNOCC(F)(F)F. The standard InChI is InChI=1S/C11H14F3NO2/c1-8-3-4-10(16-2)9(5-8)6-15-17-7-11(12,13)14/h3-5,15H,6-7H2,1-2H3. The van der Waals surface area contributed by atoms with Crippen molar-refractivity contribution in [1.82, 2.24) is 5.48 Å². The second kappa shape index (κ2) is 5.88. The molecule has 96 valence electrons. The molecule has 0 unspecified atom stereocenters. The number of hydroxylamine groups is 1. The summed E-state index contributed by atoms with van der Waals surface area (Å²) in [5.74, 6) is 0.610. The van der Waals surface area contributed by atoms with Crippen molar-refractivity contribution in [3.63, 3.8) is 0 Å². The van der Waals surface area contributed by atoms with E-state index in [-0.39, 0.29) is 6.54 Å². The van der Waals surface area contributed by atoms with Gasteiger partial charge in [0.15, 0.2) is 6.61 Å². The van der Waals surface area contributed by atoms with Crippen molar-refractivity contribution in [2.75, 3.05) is 13.7 Å². The van der Waals surface area contributed by atoms with Gasteiger partial charge in [-0.05, 0) is 13.0 Å². The Hall–Kier alpha value is -1.27. The topological polar surface area (TPSA) is 30.5 Å². The average molecular weight is 249 g/mol. The first-order valence-electron chi connectivity index (χ1n) is 4.97. The number of methoxy groups -OCH3 is 1. The Balaban J connectivity index is 2.48. The second-order valence-corrected chi connectivity index (χ2v) is 3.54. The van der Waals surface area contributed by atoms with Crippen molar-refractivity contribution >= 4 is 0 Å². The highest BCUT2D eigenvalue weighted by atomic mass is 19.4. The van der Waals surface area contributed by atoms with Crippen LogP contribution in [-0.4, -0.2) is 19.9 Å². The Labute approximate surface area is 97.5 Å². The minimum absolute atomic E-state index is 0.154. The molecule has 1 N–H and O–H groups in total. The molecule has 0 radical (unpaired) electrons. The van der Waals surface area contributed by atoms with Gasteiger partial charge in [0, 0.05) is 12.1 Å². The number of hydrogen-bond donors (Lipinski definition) is 1. The fourth-order valence-corrected chi connectivity index (χ4v) is 1.31. The van der Waals surface area contributed by atoms with Gasteiger partial charge in [0.1, 0.15) is 5.75 Å². The maximum atomic E-state index is 11.8. The number of alkyl halides is 3. The van der Waals surface area contributed by atoms with Crippen LogP contribution in [0.1, 0.15) is 11.1 Å². The third-order valence-corrected chi connectivity index (χ3v) is 2.04. The van der Waals surface area contributed by atoms with E-state index in [0.29, 0.717) is 5.75 Å². The van der Waals surface area contributed by atoms with E-state index in [1.807, 2.05) is 19.1 Å². The van der Waals surface area contributed by atoms with Gasteiger partial charge >= 0.3 is 6.18 Å². The molecule has 0 bridgehead atoms. The van der Waals surface area contributed by atoms with Crippen LogP contribution < -0.4 is 10.2 Å². The van der Waals surface area contributed by atoms with Gasteiger partial charge < -0.3 is 4.74 Å². The molecule has 3 nitrogen and oxygen atoms in total. The first-order valence-corrected chi connectivity index (χ1v) is 4.97. The van der Waals surface area contributed by atoms with Crippen LogP contribution in [-0.2, 0) is 11.4 Å². The van der Waals surface area contributed by atoms with Gasteiger partial charge in [0.05, 0.1) is 7.11 Å². The largest absolute Gasteiger partial charge is 0.496 e. The predicted molar refractivity (Wildman–Crippen MR) is 56.6 cm³/mol. The van der Waals surface area contributed by atoms with E-state index < -0.39 is 12.8 Å². The number of ether oxygens (including phenoxy) is 1. The van der Waals surface area contributed by atoms with E-state index in [1.165, 1.54) is 7.11 Å². The smallest absolute Gasteiger partial charge is 0.413 e. The molecule has 0 aliphatic carbocycles. The Bertz CT molecular complexity index is 366. The van der Waals surface area contributed by atoms with E-state index in [2.05, 4.69) is 10.3 Å². The number of benzene rings is 1. The lowest BCUT2D eigenvalue weighted by Gasteiger charge is -2.11. The summed E-state index contributed by atoms with van der Waals surface area (Å²) in [6.07, 6.45) is -4.33. The molecule has 0 saturated carbocycles. The van der Waals surface area contributed by atoms with Gasteiger partial charge in [0.25, 0.3) is 0 Å². The zero-order chi connectivity index (χ0) is 12.9. The summed E-state index contributed by atoms with van der Waals surface area (Å²) in [4.78, 5) is 4.31. The summed E-state index contributed by atoms with van der Waals surface area (Å²) in [5.41, 5.74) is 4.00. The van der Waals surface area contributed by atoms with Gasteiger partial charge in [-0.15, -0.1) is 0 Å². The molecule has 0 aliphatic heterocycles. The first kappa shape index (κ1) is 13.8. The molecule has 0 amide bonds. The molecule has 1 aromatic carbocycles. The quantitative estimate of drug-likeness (QED) is 0.642. The second-order valence-electron chi connectivity index (χ2n) is 3.54. The molecule has 0 heterocycles. The summed E-state index contributed by atoms with van der Waals surface area (Å²) in [6.45, 7) is 0.724.